The number of nitrogens with zero attached hydrogens (tertiary/aromatic N) is 3. The maximum absolute atomic E-state index is 12.8. The Hall–Kier alpha value is -2.48. The Kier molecular flexibility index (Phi) is 5.41. The summed E-state index contributed by atoms with van der Waals surface area (Å²) >= 11 is 1.60. The van der Waals surface area contributed by atoms with Crippen molar-refractivity contribution in [3.8, 4) is 16.1 Å². The second-order valence-electron chi connectivity index (χ2n) is 7.83. The first-order valence-corrected chi connectivity index (χ1v) is 11.4. The van der Waals surface area contributed by atoms with Gasteiger partial charge < -0.3 is 10.1 Å². The first-order chi connectivity index (χ1) is 14.7. The molecule has 3 heterocycles. The van der Waals surface area contributed by atoms with Gasteiger partial charge in [-0.15, -0.1) is 11.3 Å². The molecule has 2 aliphatic rings. The minimum atomic E-state index is 0.0253. The van der Waals surface area contributed by atoms with Crippen LogP contribution < -0.4 is 5.32 Å². The van der Waals surface area contributed by atoms with Crippen LogP contribution in [0.3, 0.4) is 0 Å². The van der Waals surface area contributed by atoms with Crippen LogP contribution in [0.2, 0.25) is 0 Å². The van der Waals surface area contributed by atoms with E-state index < -0.39 is 0 Å². The van der Waals surface area contributed by atoms with Crippen LogP contribution >= 0.6 is 11.3 Å². The molecule has 0 radical (unpaired) electrons. The van der Waals surface area contributed by atoms with E-state index >= 15 is 0 Å². The molecule has 1 amide bonds. The molecule has 156 valence electrons. The Morgan fingerprint density at radius 3 is 2.80 bits per heavy atom. The van der Waals surface area contributed by atoms with Gasteiger partial charge in [-0.05, 0) is 43.5 Å². The summed E-state index contributed by atoms with van der Waals surface area (Å²) in [6, 6.07) is 12.4. The number of hydrogen-bond donors (Lipinski definition) is 1. The van der Waals surface area contributed by atoms with Gasteiger partial charge in [0.1, 0.15) is 0 Å². The van der Waals surface area contributed by atoms with E-state index in [2.05, 4.69) is 40.0 Å². The molecule has 0 atom stereocenters. The quantitative estimate of drug-likeness (QED) is 0.687. The minimum Gasteiger partial charge on any atom is -0.379 e. The molecule has 1 saturated heterocycles. The van der Waals surface area contributed by atoms with Crippen LogP contribution in [-0.2, 0) is 17.6 Å². The second kappa shape index (κ2) is 8.34. The molecule has 30 heavy (non-hydrogen) atoms. The Bertz CT molecular complexity index is 1050. The van der Waals surface area contributed by atoms with E-state index in [1.54, 1.807) is 11.3 Å². The molecule has 0 saturated carbocycles. The maximum atomic E-state index is 12.8. The highest BCUT2D eigenvalue weighted by molar-refractivity contribution is 7.17. The van der Waals surface area contributed by atoms with Crippen molar-refractivity contribution in [2.45, 2.75) is 19.8 Å². The highest BCUT2D eigenvalue weighted by Crippen LogP contribution is 2.42. The number of hydrogen-bond acceptors (Lipinski definition) is 5. The fraction of sp³-hybridized carbons (Fsp3) is 0.391. The van der Waals surface area contributed by atoms with E-state index in [1.165, 1.54) is 21.7 Å². The molecule has 0 bridgehead atoms. The zero-order chi connectivity index (χ0) is 20.5. The topological polar surface area (TPSA) is 59.4 Å². The molecule has 0 unspecified atom stereocenters. The smallest absolute Gasteiger partial charge is 0.261 e. The van der Waals surface area contributed by atoms with Gasteiger partial charge in [0.15, 0.2) is 0 Å². The largest absolute Gasteiger partial charge is 0.379 e. The van der Waals surface area contributed by atoms with Crippen molar-refractivity contribution in [3.63, 3.8) is 0 Å². The number of para-hydroxylation sites is 1. The summed E-state index contributed by atoms with van der Waals surface area (Å²) in [6.07, 6.45) is 1.88. The van der Waals surface area contributed by atoms with Crippen molar-refractivity contribution in [1.29, 1.82) is 0 Å². The third-order valence-electron chi connectivity index (χ3n) is 5.87. The lowest BCUT2D eigenvalue weighted by molar-refractivity contribution is 0.0383. The third-order valence-corrected chi connectivity index (χ3v) is 7.06. The first-order valence-electron chi connectivity index (χ1n) is 10.6. The number of thiophene rings is 1. The lowest BCUT2D eigenvalue weighted by Crippen LogP contribution is -2.41. The molecule has 1 fully saturated rings. The van der Waals surface area contributed by atoms with Crippen LogP contribution in [0.4, 0.5) is 0 Å². The van der Waals surface area contributed by atoms with Crippen molar-refractivity contribution in [3.05, 3.63) is 58.2 Å². The molecule has 1 aromatic carbocycles. The Labute approximate surface area is 180 Å². The molecule has 1 aliphatic carbocycles. The number of benzene rings is 1. The van der Waals surface area contributed by atoms with Crippen molar-refractivity contribution < 1.29 is 9.53 Å². The van der Waals surface area contributed by atoms with Crippen LogP contribution in [0.1, 0.15) is 26.6 Å². The van der Waals surface area contributed by atoms with Crippen molar-refractivity contribution in [1.82, 2.24) is 20.0 Å². The first kappa shape index (κ1) is 19.5. The Balaban J connectivity index is 1.34. The monoisotopic (exact) mass is 422 g/mol. The number of ether oxygens (including phenoxy) is 1. The second-order valence-corrected chi connectivity index (χ2v) is 8.88. The van der Waals surface area contributed by atoms with Gasteiger partial charge in [-0.25, -0.2) is 4.68 Å². The lowest BCUT2D eigenvalue weighted by atomic mass is 9.95. The number of amides is 1. The summed E-state index contributed by atoms with van der Waals surface area (Å²) < 4.78 is 7.44. The summed E-state index contributed by atoms with van der Waals surface area (Å²) in [7, 11) is 0. The predicted octanol–water partition coefficient (Wildman–Crippen LogP) is 3.07. The Morgan fingerprint density at radius 1 is 1.20 bits per heavy atom. The van der Waals surface area contributed by atoms with Gasteiger partial charge >= 0.3 is 0 Å². The number of aromatic nitrogens is 2. The number of carbonyl (C=O) groups is 1. The van der Waals surface area contributed by atoms with Gasteiger partial charge in [0.25, 0.3) is 5.91 Å². The number of rotatable bonds is 5. The molecular formula is C23H26N4O2S. The summed E-state index contributed by atoms with van der Waals surface area (Å²) in [5.74, 6) is 0.0253. The summed E-state index contributed by atoms with van der Waals surface area (Å²) in [4.78, 5) is 17.1. The SMILES string of the molecule is Cc1nn(-c2ccccc2)c2c1-c1sc(C(=O)NCCN3CCOCC3)cc1CC2. The Morgan fingerprint density at radius 2 is 2.00 bits per heavy atom. The molecule has 7 heteroatoms. The van der Waals surface area contributed by atoms with Crippen LogP contribution in [-0.4, -0.2) is 60.0 Å². The maximum Gasteiger partial charge on any atom is 0.261 e. The molecule has 0 spiro atoms. The summed E-state index contributed by atoms with van der Waals surface area (Å²) in [5.41, 5.74) is 5.82. The highest BCUT2D eigenvalue weighted by Gasteiger charge is 2.27. The number of carbonyl (C=O) groups excluding carboxylic acids is 1. The fourth-order valence-electron chi connectivity index (χ4n) is 4.31. The normalized spacial score (nSPS) is 16.2. The molecule has 2 aromatic heterocycles. The standard InChI is InChI=1S/C23H26N4O2S/c1-16-21-19(27(25-16)18-5-3-2-4-6-18)8-7-17-15-20(30-22(17)21)23(28)24-9-10-26-11-13-29-14-12-26/h2-6,15H,7-14H2,1H3,(H,24,28). The minimum absolute atomic E-state index is 0.0253. The van der Waals surface area contributed by atoms with Crippen molar-refractivity contribution in [2.24, 2.45) is 0 Å². The van der Waals surface area contributed by atoms with E-state index in [9.17, 15) is 4.79 Å². The number of fused-ring (bicyclic) bond motifs is 3. The molecule has 1 N–H and O–H groups in total. The molecular weight excluding hydrogens is 396 g/mol. The lowest BCUT2D eigenvalue weighted by Gasteiger charge is -2.26. The summed E-state index contributed by atoms with van der Waals surface area (Å²) in [5, 5.41) is 7.92. The molecule has 1 aliphatic heterocycles. The van der Waals surface area contributed by atoms with Gasteiger partial charge in [0.05, 0.1) is 35.2 Å². The van der Waals surface area contributed by atoms with Crippen LogP contribution in [0.5, 0.6) is 0 Å². The van der Waals surface area contributed by atoms with E-state index in [0.29, 0.717) is 6.54 Å². The van der Waals surface area contributed by atoms with Gasteiger partial charge in [0.2, 0.25) is 0 Å². The zero-order valence-electron chi connectivity index (χ0n) is 17.2. The molecule has 5 rings (SSSR count). The van der Waals surface area contributed by atoms with Crippen molar-refractivity contribution in [2.75, 3.05) is 39.4 Å². The number of aryl methyl sites for hydroxylation is 2. The number of morpholine rings is 1. The highest BCUT2D eigenvalue weighted by atomic mass is 32.1. The van der Waals surface area contributed by atoms with E-state index in [0.717, 1.165) is 61.9 Å². The van der Waals surface area contributed by atoms with Gasteiger partial charge in [-0.3, -0.25) is 9.69 Å². The molecule has 3 aromatic rings. The summed E-state index contributed by atoms with van der Waals surface area (Å²) in [6.45, 7) is 7.04. The fourth-order valence-corrected chi connectivity index (χ4v) is 5.56. The van der Waals surface area contributed by atoms with E-state index in [1.807, 2.05) is 18.2 Å². The van der Waals surface area contributed by atoms with Crippen LogP contribution in [0.15, 0.2) is 36.4 Å². The van der Waals surface area contributed by atoms with Crippen LogP contribution in [0, 0.1) is 6.92 Å². The zero-order valence-corrected chi connectivity index (χ0v) is 18.0. The van der Waals surface area contributed by atoms with Crippen LogP contribution in [0.25, 0.3) is 16.1 Å². The third kappa shape index (κ3) is 3.69. The van der Waals surface area contributed by atoms with E-state index in [4.69, 9.17) is 9.84 Å². The van der Waals surface area contributed by atoms with Gasteiger partial charge in [-0.1, -0.05) is 18.2 Å². The predicted molar refractivity (Wildman–Crippen MR) is 119 cm³/mol. The van der Waals surface area contributed by atoms with Gasteiger partial charge in [-0.2, -0.15) is 5.10 Å². The van der Waals surface area contributed by atoms with Crippen molar-refractivity contribution >= 4 is 17.2 Å². The van der Waals surface area contributed by atoms with Gasteiger partial charge in [0, 0.05) is 36.6 Å². The average Bonchev–Trinajstić information content (AvgIpc) is 3.36. The average molecular weight is 423 g/mol. The molecule has 6 nitrogen and oxygen atoms in total. The van der Waals surface area contributed by atoms with E-state index in [-0.39, 0.29) is 5.91 Å². The number of nitrogens with one attached hydrogen (secondary N) is 1.